The highest BCUT2D eigenvalue weighted by molar-refractivity contribution is 7.80. The van der Waals surface area contributed by atoms with E-state index in [4.69, 9.17) is 21.7 Å². The molecule has 0 aromatic heterocycles. The molecule has 1 aromatic carbocycles. The van der Waals surface area contributed by atoms with Crippen molar-refractivity contribution in [3.05, 3.63) is 23.8 Å². The lowest BCUT2D eigenvalue weighted by Crippen LogP contribution is -2.43. The van der Waals surface area contributed by atoms with Crippen LogP contribution in [0.3, 0.4) is 0 Å². The van der Waals surface area contributed by atoms with E-state index in [0.29, 0.717) is 36.7 Å². The molecule has 1 aromatic rings. The van der Waals surface area contributed by atoms with Crippen molar-refractivity contribution in [1.29, 1.82) is 0 Å². The average Bonchev–Trinajstić information content (AvgIpc) is 2.60. The van der Waals surface area contributed by atoms with Crippen molar-refractivity contribution < 1.29 is 14.6 Å². The van der Waals surface area contributed by atoms with Crippen molar-refractivity contribution in [1.82, 2.24) is 10.6 Å². The number of hydrogen-bond acceptors (Lipinski definition) is 4. The van der Waals surface area contributed by atoms with Gasteiger partial charge < -0.3 is 25.2 Å². The van der Waals surface area contributed by atoms with Gasteiger partial charge in [-0.3, -0.25) is 0 Å². The Balaban J connectivity index is 1.48. The van der Waals surface area contributed by atoms with Crippen LogP contribution in [0.15, 0.2) is 18.2 Å². The summed E-state index contributed by atoms with van der Waals surface area (Å²) in [5, 5.41) is 17.4. The second-order valence-corrected chi connectivity index (χ2v) is 6.52. The Bertz CT molecular complexity index is 547. The Hall–Kier alpha value is -1.53. The number of thiocarbonyl (C=S) groups is 1. The molecule has 23 heavy (non-hydrogen) atoms. The van der Waals surface area contributed by atoms with E-state index in [9.17, 15) is 5.11 Å². The maximum atomic E-state index is 10.3. The maximum Gasteiger partial charge on any atom is 0.166 e. The van der Waals surface area contributed by atoms with Gasteiger partial charge in [0.05, 0.1) is 6.10 Å². The molecular formula is C17H24N2O3S. The van der Waals surface area contributed by atoms with Gasteiger partial charge in [0.2, 0.25) is 0 Å². The van der Waals surface area contributed by atoms with E-state index < -0.39 is 6.10 Å². The summed E-state index contributed by atoms with van der Waals surface area (Å²) in [5.41, 5.74) is 0.794. The summed E-state index contributed by atoms with van der Waals surface area (Å²) in [5.74, 6) is 1.42. The molecule has 6 heteroatoms. The van der Waals surface area contributed by atoms with E-state index in [1.807, 2.05) is 18.2 Å². The van der Waals surface area contributed by atoms with E-state index in [0.717, 1.165) is 11.3 Å². The van der Waals surface area contributed by atoms with Gasteiger partial charge >= 0.3 is 0 Å². The minimum atomic E-state index is -0.642. The summed E-state index contributed by atoms with van der Waals surface area (Å²) in [7, 11) is 0. The van der Waals surface area contributed by atoms with E-state index >= 15 is 0 Å². The highest BCUT2D eigenvalue weighted by Crippen LogP contribution is 2.32. The normalized spacial score (nSPS) is 19.0. The number of hydrogen-bond donors (Lipinski definition) is 3. The van der Waals surface area contributed by atoms with Crippen LogP contribution in [0.1, 0.15) is 43.8 Å². The second-order valence-electron chi connectivity index (χ2n) is 6.11. The molecule has 0 spiro atoms. The third kappa shape index (κ3) is 4.48. The topological polar surface area (TPSA) is 62.8 Å². The summed E-state index contributed by atoms with van der Waals surface area (Å²) < 4.78 is 11.0. The number of fused-ring (bicyclic) bond motifs is 1. The molecule has 2 aliphatic rings. The van der Waals surface area contributed by atoms with Gasteiger partial charge in [0.15, 0.2) is 16.6 Å². The Morgan fingerprint density at radius 2 is 1.91 bits per heavy atom. The van der Waals surface area contributed by atoms with Crippen LogP contribution >= 0.6 is 12.2 Å². The zero-order valence-electron chi connectivity index (χ0n) is 13.2. The first kappa shape index (κ1) is 16.3. The molecule has 1 fully saturated rings. The average molecular weight is 336 g/mol. The molecule has 1 heterocycles. The smallest absolute Gasteiger partial charge is 0.166 e. The van der Waals surface area contributed by atoms with Gasteiger partial charge in [-0.25, -0.2) is 0 Å². The van der Waals surface area contributed by atoms with Crippen molar-refractivity contribution in [3.63, 3.8) is 0 Å². The molecule has 5 nitrogen and oxygen atoms in total. The van der Waals surface area contributed by atoms with E-state index in [1.54, 1.807) is 0 Å². The molecule has 3 rings (SSSR count). The van der Waals surface area contributed by atoms with Gasteiger partial charge in [-0.2, -0.15) is 0 Å². The molecule has 1 aliphatic heterocycles. The fourth-order valence-corrected chi connectivity index (χ4v) is 3.31. The molecule has 0 radical (unpaired) electrons. The number of benzene rings is 1. The monoisotopic (exact) mass is 336 g/mol. The Kier molecular flexibility index (Phi) is 5.56. The van der Waals surface area contributed by atoms with Gasteiger partial charge in [-0.1, -0.05) is 25.3 Å². The third-order valence-corrected chi connectivity index (χ3v) is 4.61. The van der Waals surface area contributed by atoms with Gasteiger partial charge in [0.25, 0.3) is 0 Å². The molecule has 126 valence electrons. The first-order valence-corrected chi connectivity index (χ1v) is 8.75. The lowest BCUT2D eigenvalue weighted by molar-refractivity contribution is 0.165. The van der Waals surface area contributed by atoms with Crippen LogP contribution < -0.4 is 20.1 Å². The second kappa shape index (κ2) is 7.84. The Labute approximate surface area is 142 Å². The number of ether oxygens (including phenoxy) is 2. The van der Waals surface area contributed by atoms with Crippen LogP contribution in [-0.4, -0.2) is 36.0 Å². The summed E-state index contributed by atoms with van der Waals surface area (Å²) in [6.45, 7) is 1.48. The molecule has 1 aliphatic carbocycles. The van der Waals surface area contributed by atoms with E-state index in [2.05, 4.69) is 10.6 Å². The Morgan fingerprint density at radius 1 is 1.17 bits per heavy atom. The minimum Gasteiger partial charge on any atom is -0.486 e. The number of rotatable bonds is 4. The van der Waals surface area contributed by atoms with Crippen molar-refractivity contribution in [2.24, 2.45) is 0 Å². The molecule has 1 unspecified atom stereocenters. The number of aliphatic hydroxyl groups excluding tert-OH is 1. The summed E-state index contributed by atoms with van der Waals surface area (Å²) in [4.78, 5) is 0. The molecule has 3 N–H and O–H groups in total. The first-order valence-electron chi connectivity index (χ1n) is 8.34. The van der Waals surface area contributed by atoms with Crippen LogP contribution in [0.25, 0.3) is 0 Å². The van der Waals surface area contributed by atoms with Crippen LogP contribution in [-0.2, 0) is 0 Å². The lowest BCUT2D eigenvalue weighted by Gasteiger charge is -2.25. The van der Waals surface area contributed by atoms with E-state index in [-0.39, 0.29) is 0 Å². The Morgan fingerprint density at radius 3 is 2.70 bits per heavy atom. The van der Waals surface area contributed by atoms with Crippen molar-refractivity contribution in [2.75, 3.05) is 19.8 Å². The first-order chi connectivity index (χ1) is 11.2. The summed E-state index contributed by atoms with van der Waals surface area (Å²) in [6.07, 6.45) is 5.55. The van der Waals surface area contributed by atoms with Crippen molar-refractivity contribution >= 4 is 17.3 Å². The van der Waals surface area contributed by atoms with Crippen molar-refractivity contribution in [3.8, 4) is 11.5 Å². The standard InChI is InChI=1S/C17H24N2O3S/c20-14(11-18-17(23)19-13-4-2-1-3-5-13)12-6-7-15-16(10-12)22-9-8-21-15/h6-7,10,13-14,20H,1-5,8-9,11H2,(H2,18,19,23). The predicted octanol–water partition coefficient (Wildman–Crippen LogP) is 2.29. The molecular weight excluding hydrogens is 312 g/mol. The third-order valence-electron chi connectivity index (χ3n) is 4.35. The zero-order valence-corrected chi connectivity index (χ0v) is 14.0. The molecule has 0 saturated heterocycles. The van der Waals surface area contributed by atoms with Crippen LogP contribution in [0.4, 0.5) is 0 Å². The van der Waals surface area contributed by atoms with Gasteiger partial charge in [-0.05, 0) is 42.8 Å². The molecule has 0 bridgehead atoms. The van der Waals surface area contributed by atoms with Gasteiger partial charge in [-0.15, -0.1) is 0 Å². The van der Waals surface area contributed by atoms with Crippen molar-refractivity contribution in [2.45, 2.75) is 44.2 Å². The number of nitrogens with one attached hydrogen (secondary N) is 2. The van der Waals surface area contributed by atoms with Crippen LogP contribution in [0.2, 0.25) is 0 Å². The highest BCUT2D eigenvalue weighted by Gasteiger charge is 2.17. The highest BCUT2D eigenvalue weighted by atomic mass is 32.1. The van der Waals surface area contributed by atoms with Gasteiger partial charge in [0, 0.05) is 12.6 Å². The SMILES string of the molecule is OC(CNC(=S)NC1CCCCC1)c1ccc2c(c1)OCCO2. The lowest BCUT2D eigenvalue weighted by atomic mass is 9.96. The summed E-state index contributed by atoms with van der Waals surface area (Å²) in [6, 6.07) is 6.00. The molecule has 1 atom stereocenters. The molecule has 0 amide bonds. The minimum absolute atomic E-state index is 0.373. The maximum absolute atomic E-state index is 10.3. The quantitative estimate of drug-likeness (QED) is 0.734. The van der Waals surface area contributed by atoms with E-state index in [1.165, 1.54) is 32.1 Å². The fourth-order valence-electron chi connectivity index (χ4n) is 3.06. The van der Waals surface area contributed by atoms with Gasteiger partial charge in [0.1, 0.15) is 13.2 Å². The van der Waals surface area contributed by atoms with Crippen LogP contribution in [0.5, 0.6) is 11.5 Å². The fraction of sp³-hybridized carbons (Fsp3) is 0.588. The number of aliphatic hydroxyl groups is 1. The van der Waals surface area contributed by atoms with Crippen LogP contribution in [0, 0.1) is 0 Å². The summed E-state index contributed by atoms with van der Waals surface area (Å²) >= 11 is 5.32. The largest absolute Gasteiger partial charge is 0.486 e. The molecule has 1 saturated carbocycles. The zero-order chi connectivity index (χ0) is 16.1. The predicted molar refractivity (Wildman–Crippen MR) is 93.0 cm³/mol.